The minimum atomic E-state index is -0.890. The summed E-state index contributed by atoms with van der Waals surface area (Å²) in [5.41, 5.74) is 2.18. The van der Waals surface area contributed by atoms with Crippen molar-refractivity contribution in [3.05, 3.63) is 65.0 Å². The average molecular weight is 229 g/mol. The second-order valence-electron chi connectivity index (χ2n) is 3.63. The second-order valence-corrected chi connectivity index (χ2v) is 3.63. The van der Waals surface area contributed by atoms with Crippen LogP contribution < -0.4 is 0 Å². The molecule has 84 valence electrons. The van der Waals surface area contributed by atoms with Crippen molar-refractivity contribution in [1.82, 2.24) is 4.98 Å². The Hall–Kier alpha value is -2.21. The van der Waals surface area contributed by atoms with E-state index in [0.717, 1.165) is 23.3 Å². The molecule has 0 spiro atoms. The SMILES string of the molecule is Cc1cncc(C#Cc2ccc(F)c(F)c2)c1. The third-order valence-electron chi connectivity index (χ3n) is 2.15. The van der Waals surface area contributed by atoms with Crippen LogP contribution in [0.25, 0.3) is 0 Å². The predicted octanol–water partition coefficient (Wildman–Crippen LogP) is 3.07. The van der Waals surface area contributed by atoms with Crippen LogP contribution in [0.2, 0.25) is 0 Å². The number of hydrogen-bond donors (Lipinski definition) is 0. The summed E-state index contributed by atoms with van der Waals surface area (Å²) in [6.07, 6.45) is 3.35. The van der Waals surface area contributed by atoms with Gasteiger partial charge in [0.05, 0.1) is 0 Å². The first-order valence-electron chi connectivity index (χ1n) is 5.04. The van der Waals surface area contributed by atoms with E-state index in [1.165, 1.54) is 6.07 Å². The first kappa shape index (κ1) is 11.3. The molecule has 1 aromatic heterocycles. The summed E-state index contributed by atoms with van der Waals surface area (Å²) in [7, 11) is 0. The van der Waals surface area contributed by atoms with Crippen molar-refractivity contribution in [3.63, 3.8) is 0 Å². The normalized spacial score (nSPS) is 9.59. The van der Waals surface area contributed by atoms with Gasteiger partial charge in [-0.1, -0.05) is 11.8 Å². The Balaban J connectivity index is 2.30. The van der Waals surface area contributed by atoms with Crippen LogP contribution in [0.5, 0.6) is 0 Å². The van der Waals surface area contributed by atoms with Crippen molar-refractivity contribution in [3.8, 4) is 11.8 Å². The second kappa shape index (κ2) is 4.75. The zero-order chi connectivity index (χ0) is 12.3. The Labute approximate surface area is 98.1 Å². The lowest BCUT2D eigenvalue weighted by Gasteiger charge is -1.94. The van der Waals surface area contributed by atoms with Crippen LogP contribution in [-0.2, 0) is 0 Å². The number of hydrogen-bond acceptors (Lipinski definition) is 1. The molecule has 0 amide bonds. The molecule has 2 aromatic rings. The van der Waals surface area contributed by atoms with Gasteiger partial charge in [0, 0.05) is 23.5 Å². The van der Waals surface area contributed by atoms with Crippen molar-refractivity contribution in [2.45, 2.75) is 6.92 Å². The molecule has 1 aromatic carbocycles. The van der Waals surface area contributed by atoms with Gasteiger partial charge >= 0.3 is 0 Å². The molecule has 2 rings (SSSR count). The number of halogens is 2. The summed E-state index contributed by atoms with van der Waals surface area (Å²) >= 11 is 0. The summed E-state index contributed by atoms with van der Waals surface area (Å²) in [5, 5.41) is 0. The quantitative estimate of drug-likeness (QED) is 0.633. The summed E-state index contributed by atoms with van der Waals surface area (Å²) in [4.78, 5) is 3.99. The Morgan fingerprint density at radius 1 is 0.941 bits per heavy atom. The number of aryl methyl sites for hydroxylation is 1. The minimum absolute atomic E-state index is 0.436. The van der Waals surface area contributed by atoms with Crippen LogP contribution in [0.4, 0.5) is 8.78 Å². The van der Waals surface area contributed by atoms with E-state index >= 15 is 0 Å². The Morgan fingerprint density at radius 2 is 1.71 bits per heavy atom. The van der Waals surface area contributed by atoms with Crippen LogP contribution in [-0.4, -0.2) is 4.98 Å². The highest BCUT2D eigenvalue weighted by atomic mass is 19.2. The van der Waals surface area contributed by atoms with Crippen LogP contribution in [0.3, 0.4) is 0 Å². The highest BCUT2D eigenvalue weighted by Gasteiger charge is 1.99. The molecule has 0 unspecified atom stereocenters. The van der Waals surface area contributed by atoms with Gasteiger partial charge in [0.2, 0.25) is 0 Å². The molecule has 0 fully saturated rings. The van der Waals surface area contributed by atoms with E-state index in [1.54, 1.807) is 12.4 Å². The summed E-state index contributed by atoms with van der Waals surface area (Å²) < 4.78 is 25.6. The molecule has 0 saturated carbocycles. The fourth-order valence-electron chi connectivity index (χ4n) is 1.34. The molecule has 0 aliphatic carbocycles. The van der Waals surface area contributed by atoms with E-state index in [-0.39, 0.29) is 0 Å². The third-order valence-corrected chi connectivity index (χ3v) is 2.15. The molecule has 0 N–H and O–H groups in total. The van der Waals surface area contributed by atoms with Gasteiger partial charge in [-0.2, -0.15) is 0 Å². The third kappa shape index (κ3) is 2.88. The molecule has 0 radical (unpaired) electrons. The lowest BCUT2D eigenvalue weighted by Crippen LogP contribution is -1.85. The summed E-state index contributed by atoms with van der Waals surface area (Å²) in [6.45, 7) is 1.91. The van der Waals surface area contributed by atoms with E-state index in [2.05, 4.69) is 16.8 Å². The summed E-state index contributed by atoms with van der Waals surface area (Å²) in [5.74, 6) is 3.85. The van der Waals surface area contributed by atoms with Gasteiger partial charge in [0.25, 0.3) is 0 Å². The Morgan fingerprint density at radius 3 is 2.41 bits per heavy atom. The number of pyridine rings is 1. The Kier molecular flexibility index (Phi) is 3.15. The minimum Gasteiger partial charge on any atom is -0.263 e. The van der Waals surface area contributed by atoms with Crippen LogP contribution in [0.1, 0.15) is 16.7 Å². The molecule has 0 saturated heterocycles. The van der Waals surface area contributed by atoms with Gasteiger partial charge in [-0.15, -0.1) is 0 Å². The van der Waals surface area contributed by atoms with Crippen LogP contribution in [0.15, 0.2) is 36.7 Å². The fraction of sp³-hybridized carbons (Fsp3) is 0.0714. The molecule has 0 aliphatic heterocycles. The van der Waals surface area contributed by atoms with Gasteiger partial charge in [-0.3, -0.25) is 4.98 Å². The van der Waals surface area contributed by atoms with Gasteiger partial charge < -0.3 is 0 Å². The highest BCUT2D eigenvalue weighted by Crippen LogP contribution is 2.08. The van der Waals surface area contributed by atoms with Gasteiger partial charge in [-0.25, -0.2) is 8.78 Å². The molecule has 1 heterocycles. The fourth-order valence-corrected chi connectivity index (χ4v) is 1.34. The zero-order valence-electron chi connectivity index (χ0n) is 9.17. The van der Waals surface area contributed by atoms with E-state index < -0.39 is 11.6 Å². The maximum atomic E-state index is 12.9. The molecule has 1 nitrogen and oxygen atoms in total. The first-order chi connectivity index (χ1) is 8.15. The van der Waals surface area contributed by atoms with Crippen LogP contribution >= 0.6 is 0 Å². The van der Waals surface area contributed by atoms with Crippen molar-refractivity contribution >= 4 is 0 Å². The molecular formula is C14H9F2N. The predicted molar refractivity (Wildman–Crippen MR) is 61.3 cm³/mol. The van der Waals surface area contributed by atoms with Crippen molar-refractivity contribution < 1.29 is 8.78 Å². The molecule has 0 atom stereocenters. The van der Waals surface area contributed by atoms with E-state index in [9.17, 15) is 8.78 Å². The Bertz CT molecular complexity index is 609. The van der Waals surface area contributed by atoms with Crippen molar-refractivity contribution in [1.29, 1.82) is 0 Å². The number of aromatic nitrogens is 1. The highest BCUT2D eigenvalue weighted by molar-refractivity contribution is 5.42. The molecule has 0 aliphatic rings. The van der Waals surface area contributed by atoms with Crippen LogP contribution in [0, 0.1) is 30.4 Å². The smallest absolute Gasteiger partial charge is 0.160 e. The molecule has 0 bridgehead atoms. The molecule has 3 heteroatoms. The van der Waals surface area contributed by atoms with Gasteiger partial charge in [0.15, 0.2) is 11.6 Å². The van der Waals surface area contributed by atoms with E-state index in [0.29, 0.717) is 5.56 Å². The van der Waals surface area contributed by atoms with Crippen molar-refractivity contribution in [2.24, 2.45) is 0 Å². The van der Waals surface area contributed by atoms with E-state index in [1.807, 2.05) is 13.0 Å². The largest absolute Gasteiger partial charge is 0.263 e. The number of nitrogens with zero attached hydrogens (tertiary/aromatic N) is 1. The first-order valence-corrected chi connectivity index (χ1v) is 5.04. The van der Waals surface area contributed by atoms with Gasteiger partial charge in [0.1, 0.15) is 0 Å². The molecular weight excluding hydrogens is 220 g/mol. The van der Waals surface area contributed by atoms with E-state index in [4.69, 9.17) is 0 Å². The maximum absolute atomic E-state index is 12.9. The average Bonchev–Trinajstić information content (AvgIpc) is 2.31. The maximum Gasteiger partial charge on any atom is 0.160 e. The number of rotatable bonds is 0. The summed E-state index contributed by atoms with van der Waals surface area (Å²) in [6, 6.07) is 5.45. The van der Waals surface area contributed by atoms with Crippen molar-refractivity contribution in [2.75, 3.05) is 0 Å². The molecule has 17 heavy (non-hydrogen) atoms. The topological polar surface area (TPSA) is 12.9 Å². The standard InChI is InChI=1S/C14H9F2N/c1-10-6-12(9-17-8-10)3-2-11-4-5-13(15)14(16)7-11/h4-9H,1H3. The lowest BCUT2D eigenvalue weighted by molar-refractivity contribution is 0.508. The van der Waals surface area contributed by atoms with Gasteiger partial charge in [-0.05, 0) is 36.8 Å². The zero-order valence-corrected chi connectivity index (χ0v) is 9.17. The lowest BCUT2D eigenvalue weighted by atomic mass is 10.2. The monoisotopic (exact) mass is 229 g/mol. The number of benzene rings is 1.